The molecule has 5 nitrogen and oxygen atoms in total. The number of methoxy groups -OCH3 is 1. The topological polar surface area (TPSA) is 57.0 Å². The third kappa shape index (κ3) is 3.03. The van der Waals surface area contributed by atoms with Crippen molar-refractivity contribution >= 4 is 0 Å². The summed E-state index contributed by atoms with van der Waals surface area (Å²) >= 11 is 0. The van der Waals surface area contributed by atoms with Crippen LogP contribution in [0.4, 0.5) is 0 Å². The van der Waals surface area contributed by atoms with E-state index in [-0.39, 0.29) is 5.56 Å². The van der Waals surface area contributed by atoms with E-state index in [1.54, 1.807) is 25.6 Å². The lowest BCUT2D eigenvalue weighted by molar-refractivity contribution is 0.415. The van der Waals surface area contributed by atoms with Crippen LogP contribution in [0.5, 0.6) is 5.75 Å². The molecule has 0 amide bonds. The highest BCUT2D eigenvalue weighted by Crippen LogP contribution is 2.21. The number of benzene rings is 1. The molecule has 1 aromatic carbocycles. The number of rotatable bonds is 4. The SMILES string of the molecule is COc1cccc(-c2ccc(=O)n(Cc3ccncc3)n2)c1. The van der Waals surface area contributed by atoms with Crippen molar-refractivity contribution in [3.63, 3.8) is 0 Å². The summed E-state index contributed by atoms with van der Waals surface area (Å²) in [4.78, 5) is 16.0. The Kier molecular flexibility index (Phi) is 3.96. The fourth-order valence-electron chi connectivity index (χ4n) is 2.16. The average Bonchev–Trinajstić information content (AvgIpc) is 2.58. The van der Waals surface area contributed by atoms with E-state index in [1.165, 1.54) is 10.7 Å². The maximum absolute atomic E-state index is 12.0. The molecule has 0 aliphatic rings. The van der Waals surface area contributed by atoms with Gasteiger partial charge in [-0.3, -0.25) is 9.78 Å². The quantitative estimate of drug-likeness (QED) is 0.741. The van der Waals surface area contributed by atoms with E-state index in [2.05, 4.69) is 10.1 Å². The maximum atomic E-state index is 12.0. The van der Waals surface area contributed by atoms with Crippen LogP contribution in [0.15, 0.2) is 65.7 Å². The monoisotopic (exact) mass is 293 g/mol. The second kappa shape index (κ2) is 6.22. The first-order valence-corrected chi connectivity index (χ1v) is 6.88. The van der Waals surface area contributed by atoms with Gasteiger partial charge < -0.3 is 4.74 Å². The van der Waals surface area contributed by atoms with Crippen molar-refractivity contribution < 1.29 is 4.74 Å². The lowest BCUT2D eigenvalue weighted by Gasteiger charge is -2.08. The number of hydrogen-bond acceptors (Lipinski definition) is 4. The van der Waals surface area contributed by atoms with E-state index in [0.29, 0.717) is 6.54 Å². The third-order valence-corrected chi connectivity index (χ3v) is 3.31. The molecular weight excluding hydrogens is 278 g/mol. The van der Waals surface area contributed by atoms with Crippen LogP contribution in [0, 0.1) is 0 Å². The molecule has 0 bridgehead atoms. The van der Waals surface area contributed by atoms with Gasteiger partial charge in [-0.25, -0.2) is 4.68 Å². The molecule has 110 valence electrons. The second-order valence-corrected chi connectivity index (χ2v) is 4.80. The molecule has 2 aromatic heterocycles. The van der Waals surface area contributed by atoms with Gasteiger partial charge in [0.1, 0.15) is 5.75 Å². The average molecular weight is 293 g/mol. The first-order valence-electron chi connectivity index (χ1n) is 6.88. The van der Waals surface area contributed by atoms with Crippen molar-refractivity contribution in [1.82, 2.24) is 14.8 Å². The maximum Gasteiger partial charge on any atom is 0.267 e. The fourth-order valence-corrected chi connectivity index (χ4v) is 2.16. The molecule has 0 atom stereocenters. The summed E-state index contributed by atoms with van der Waals surface area (Å²) in [6, 6.07) is 14.6. The van der Waals surface area contributed by atoms with Crippen LogP contribution in [-0.4, -0.2) is 21.9 Å². The van der Waals surface area contributed by atoms with E-state index < -0.39 is 0 Å². The summed E-state index contributed by atoms with van der Waals surface area (Å²) in [6.45, 7) is 0.416. The van der Waals surface area contributed by atoms with Crippen LogP contribution in [0.3, 0.4) is 0 Å². The van der Waals surface area contributed by atoms with Crippen LogP contribution in [-0.2, 0) is 6.54 Å². The summed E-state index contributed by atoms with van der Waals surface area (Å²) in [5.74, 6) is 0.756. The Hall–Kier alpha value is -2.95. The Bertz CT molecular complexity index is 829. The van der Waals surface area contributed by atoms with Crippen molar-refractivity contribution in [2.24, 2.45) is 0 Å². The van der Waals surface area contributed by atoms with E-state index >= 15 is 0 Å². The molecule has 0 saturated carbocycles. The number of hydrogen-bond donors (Lipinski definition) is 0. The van der Waals surface area contributed by atoms with Crippen molar-refractivity contribution in [1.29, 1.82) is 0 Å². The number of ether oxygens (including phenoxy) is 1. The highest BCUT2D eigenvalue weighted by molar-refractivity contribution is 5.60. The third-order valence-electron chi connectivity index (χ3n) is 3.31. The molecular formula is C17H15N3O2. The smallest absolute Gasteiger partial charge is 0.267 e. The van der Waals surface area contributed by atoms with Gasteiger partial charge in [0.15, 0.2) is 0 Å². The highest BCUT2D eigenvalue weighted by Gasteiger charge is 2.05. The summed E-state index contributed by atoms with van der Waals surface area (Å²) in [5.41, 5.74) is 2.48. The lowest BCUT2D eigenvalue weighted by atomic mass is 10.1. The Morgan fingerprint density at radius 2 is 1.91 bits per heavy atom. The molecule has 3 aromatic rings. The normalized spacial score (nSPS) is 10.4. The van der Waals surface area contributed by atoms with Gasteiger partial charge in [-0.2, -0.15) is 5.10 Å². The van der Waals surface area contributed by atoms with Crippen LogP contribution < -0.4 is 10.3 Å². The molecule has 0 unspecified atom stereocenters. The van der Waals surface area contributed by atoms with Crippen molar-refractivity contribution in [3.8, 4) is 17.0 Å². The van der Waals surface area contributed by atoms with Gasteiger partial charge in [0.2, 0.25) is 0 Å². The molecule has 0 radical (unpaired) electrons. The zero-order valence-corrected chi connectivity index (χ0v) is 12.1. The number of pyridine rings is 1. The minimum atomic E-state index is -0.136. The van der Waals surface area contributed by atoms with Gasteiger partial charge in [-0.1, -0.05) is 12.1 Å². The van der Waals surface area contributed by atoms with Crippen LogP contribution in [0.25, 0.3) is 11.3 Å². The molecule has 3 rings (SSSR count). The number of nitrogens with zero attached hydrogens (tertiary/aromatic N) is 3. The van der Waals surface area contributed by atoms with Crippen molar-refractivity contribution in [2.45, 2.75) is 6.54 Å². The minimum Gasteiger partial charge on any atom is -0.497 e. The molecule has 0 aliphatic carbocycles. The molecule has 22 heavy (non-hydrogen) atoms. The molecule has 2 heterocycles. The Morgan fingerprint density at radius 3 is 2.68 bits per heavy atom. The van der Waals surface area contributed by atoms with Crippen LogP contribution in [0.2, 0.25) is 0 Å². The summed E-state index contributed by atoms with van der Waals surface area (Å²) in [5, 5.41) is 4.44. The number of aromatic nitrogens is 3. The first-order chi connectivity index (χ1) is 10.8. The zero-order chi connectivity index (χ0) is 15.4. The predicted octanol–water partition coefficient (Wildman–Crippen LogP) is 2.36. The predicted molar refractivity (Wildman–Crippen MR) is 83.8 cm³/mol. The van der Waals surface area contributed by atoms with Gasteiger partial charge in [-0.05, 0) is 35.9 Å². The highest BCUT2D eigenvalue weighted by atomic mass is 16.5. The van der Waals surface area contributed by atoms with Gasteiger partial charge in [0.25, 0.3) is 5.56 Å². The molecule has 0 N–H and O–H groups in total. The summed E-state index contributed by atoms with van der Waals surface area (Å²) < 4.78 is 6.67. The van der Waals surface area contributed by atoms with Gasteiger partial charge in [0, 0.05) is 24.0 Å². The summed E-state index contributed by atoms with van der Waals surface area (Å²) in [6.07, 6.45) is 3.40. The van der Waals surface area contributed by atoms with Gasteiger partial charge in [0.05, 0.1) is 19.3 Å². The standard InChI is InChI=1S/C17H15N3O2/c1-22-15-4-2-3-14(11-15)16-5-6-17(21)20(19-16)12-13-7-9-18-10-8-13/h2-11H,12H2,1H3. The Balaban J connectivity index is 1.97. The van der Waals surface area contributed by atoms with E-state index in [0.717, 1.165) is 22.6 Å². The van der Waals surface area contributed by atoms with E-state index in [4.69, 9.17) is 4.74 Å². The largest absolute Gasteiger partial charge is 0.497 e. The van der Waals surface area contributed by atoms with Crippen molar-refractivity contribution in [3.05, 3.63) is 76.8 Å². The molecule has 5 heteroatoms. The Labute approximate surface area is 127 Å². The molecule has 0 saturated heterocycles. The first kappa shape index (κ1) is 14.0. The Morgan fingerprint density at radius 1 is 1.09 bits per heavy atom. The molecule has 0 aliphatic heterocycles. The fraction of sp³-hybridized carbons (Fsp3) is 0.118. The van der Waals surface area contributed by atoms with Crippen molar-refractivity contribution in [2.75, 3.05) is 7.11 Å². The van der Waals surface area contributed by atoms with E-state index in [1.807, 2.05) is 36.4 Å². The molecule has 0 spiro atoms. The van der Waals surface area contributed by atoms with Gasteiger partial charge in [-0.15, -0.1) is 0 Å². The van der Waals surface area contributed by atoms with Crippen LogP contribution >= 0.6 is 0 Å². The lowest BCUT2D eigenvalue weighted by Crippen LogP contribution is -2.22. The van der Waals surface area contributed by atoms with Gasteiger partial charge >= 0.3 is 0 Å². The minimum absolute atomic E-state index is 0.136. The second-order valence-electron chi connectivity index (χ2n) is 4.80. The summed E-state index contributed by atoms with van der Waals surface area (Å²) in [7, 11) is 1.62. The zero-order valence-electron chi connectivity index (χ0n) is 12.1. The van der Waals surface area contributed by atoms with Crippen LogP contribution in [0.1, 0.15) is 5.56 Å². The molecule has 0 fully saturated rings. The van der Waals surface area contributed by atoms with E-state index in [9.17, 15) is 4.79 Å².